The highest BCUT2D eigenvalue weighted by atomic mass is 19.4. The zero-order valence-electron chi connectivity index (χ0n) is 13.2. The number of para-hydroxylation sites is 1. The second-order valence-corrected chi connectivity index (χ2v) is 5.67. The van der Waals surface area contributed by atoms with Crippen molar-refractivity contribution >= 4 is 16.8 Å². The second-order valence-electron chi connectivity index (χ2n) is 5.67. The molecule has 0 unspecified atom stereocenters. The minimum atomic E-state index is -4.52. The fourth-order valence-corrected chi connectivity index (χ4v) is 2.66. The number of rotatable bonds is 3. The lowest BCUT2D eigenvalue weighted by Gasteiger charge is -2.15. The smallest absolute Gasteiger partial charge is 0.366 e. The Balaban J connectivity index is 2.12. The van der Waals surface area contributed by atoms with Gasteiger partial charge in [-0.15, -0.1) is 0 Å². The van der Waals surface area contributed by atoms with Gasteiger partial charge in [-0.25, -0.2) is 0 Å². The number of primary amides is 1. The van der Waals surface area contributed by atoms with Crippen molar-refractivity contribution in [1.82, 2.24) is 9.97 Å². The first-order chi connectivity index (χ1) is 11.8. The number of hydrogen-bond donors (Lipinski definition) is 1. The van der Waals surface area contributed by atoms with Crippen molar-refractivity contribution in [2.75, 3.05) is 0 Å². The van der Waals surface area contributed by atoms with Crippen molar-refractivity contribution in [3.8, 4) is 0 Å². The van der Waals surface area contributed by atoms with Crippen LogP contribution < -0.4 is 5.73 Å². The second kappa shape index (κ2) is 6.16. The van der Waals surface area contributed by atoms with E-state index in [1.807, 2.05) is 0 Å². The van der Waals surface area contributed by atoms with E-state index < -0.39 is 23.7 Å². The lowest BCUT2D eigenvalue weighted by atomic mass is 9.95. The number of alkyl halides is 3. The van der Waals surface area contributed by atoms with Crippen molar-refractivity contribution in [3.05, 3.63) is 71.2 Å². The molecule has 0 aliphatic rings. The number of aromatic nitrogens is 2. The Bertz CT molecular complexity index is 954. The third kappa shape index (κ3) is 3.31. The number of hydrogen-bond acceptors (Lipinski definition) is 3. The predicted octanol–water partition coefficient (Wildman–Crippen LogP) is 3.90. The first-order valence-corrected chi connectivity index (χ1v) is 7.50. The first kappa shape index (κ1) is 16.9. The van der Waals surface area contributed by atoms with Crippen LogP contribution in [0, 0.1) is 0 Å². The van der Waals surface area contributed by atoms with E-state index in [0.29, 0.717) is 22.2 Å². The number of carbonyl (C=O) groups is 1. The fraction of sp³-hybridized carbons (Fsp3) is 0.167. The molecule has 3 aromatic rings. The van der Waals surface area contributed by atoms with Crippen LogP contribution in [0.2, 0.25) is 0 Å². The molecule has 0 fully saturated rings. The van der Waals surface area contributed by atoms with E-state index in [4.69, 9.17) is 5.73 Å². The van der Waals surface area contributed by atoms with E-state index in [0.717, 1.165) is 12.3 Å². The number of nitrogens with zero attached hydrogens (tertiary/aromatic N) is 2. The lowest BCUT2D eigenvalue weighted by Crippen LogP contribution is -2.14. The van der Waals surface area contributed by atoms with Crippen LogP contribution in [0.1, 0.15) is 40.2 Å². The van der Waals surface area contributed by atoms with Crippen LogP contribution in [0.3, 0.4) is 0 Å². The summed E-state index contributed by atoms with van der Waals surface area (Å²) in [7, 11) is 0. The van der Waals surface area contributed by atoms with Crippen LogP contribution in [-0.4, -0.2) is 15.9 Å². The van der Waals surface area contributed by atoms with Crippen LogP contribution in [0.25, 0.3) is 10.9 Å². The van der Waals surface area contributed by atoms with Gasteiger partial charge in [-0.3, -0.25) is 14.8 Å². The molecule has 0 saturated carbocycles. The van der Waals surface area contributed by atoms with E-state index in [1.165, 1.54) is 12.1 Å². The molecule has 2 aromatic heterocycles. The largest absolute Gasteiger partial charge is 0.433 e. The van der Waals surface area contributed by atoms with Gasteiger partial charge in [-0.05, 0) is 29.8 Å². The zero-order chi connectivity index (χ0) is 18.2. The number of nitrogens with two attached hydrogens (primary N) is 1. The van der Waals surface area contributed by atoms with Crippen LogP contribution in [0.15, 0.2) is 48.7 Å². The average Bonchev–Trinajstić information content (AvgIpc) is 2.59. The molecule has 0 aliphatic heterocycles. The molecule has 2 N–H and O–H groups in total. The summed E-state index contributed by atoms with van der Waals surface area (Å²) in [6.45, 7) is 1.72. The van der Waals surface area contributed by atoms with Crippen LogP contribution >= 0.6 is 0 Å². The van der Waals surface area contributed by atoms with Gasteiger partial charge in [0.25, 0.3) is 0 Å². The molecule has 0 radical (unpaired) electrons. The highest BCUT2D eigenvalue weighted by molar-refractivity contribution is 6.05. The lowest BCUT2D eigenvalue weighted by molar-refractivity contribution is -0.141. The number of fused-ring (bicyclic) bond motifs is 1. The SMILES string of the molecule is C[C@@H](c1ccnc(C(F)(F)F)c1)c1cc(C(N)=O)c2ccccc2n1. The molecule has 1 amide bonds. The molecule has 0 aliphatic carbocycles. The quantitative estimate of drug-likeness (QED) is 0.783. The Kier molecular flexibility index (Phi) is 4.16. The Morgan fingerprint density at radius 2 is 1.88 bits per heavy atom. The molecule has 4 nitrogen and oxygen atoms in total. The topological polar surface area (TPSA) is 68.9 Å². The van der Waals surface area contributed by atoms with Crippen molar-refractivity contribution in [3.63, 3.8) is 0 Å². The summed E-state index contributed by atoms with van der Waals surface area (Å²) in [4.78, 5) is 19.6. The van der Waals surface area contributed by atoms with Gasteiger partial charge in [0.15, 0.2) is 0 Å². The van der Waals surface area contributed by atoms with E-state index in [2.05, 4.69) is 9.97 Å². The molecular weight excluding hydrogens is 331 g/mol. The highest BCUT2D eigenvalue weighted by Crippen LogP contribution is 2.32. The van der Waals surface area contributed by atoms with Gasteiger partial charge in [0, 0.05) is 23.2 Å². The molecule has 1 atom stereocenters. The third-order valence-corrected chi connectivity index (χ3v) is 4.02. The maximum atomic E-state index is 12.9. The van der Waals surface area contributed by atoms with Crippen molar-refractivity contribution in [2.45, 2.75) is 19.0 Å². The summed E-state index contributed by atoms with van der Waals surface area (Å²) in [6, 6.07) is 11.0. The van der Waals surface area contributed by atoms with E-state index in [1.54, 1.807) is 31.2 Å². The standard InChI is InChI=1S/C18H14F3N3O/c1-10(11-6-7-23-16(8-11)18(19,20)21)15-9-13(17(22)25)12-4-2-3-5-14(12)24-15/h2-10H,1H3,(H2,22,25)/t10-/m0/s1. The monoisotopic (exact) mass is 345 g/mol. The van der Waals surface area contributed by atoms with E-state index in [-0.39, 0.29) is 5.56 Å². The first-order valence-electron chi connectivity index (χ1n) is 7.50. The number of amides is 1. The summed E-state index contributed by atoms with van der Waals surface area (Å²) in [5.41, 5.74) is 6.20. The molecule has 0 saturated heterocycles. The molecule has 2 heterocycles. The Hall–Kier alpha value is -2.96. The van der Waals surface area contributed by atoms with Gasteiger partial charge in [0.1, 0.15) is 5.69 Å². The molecule has 128 valence electrons. The maximum absolute atomic E-state index is 12.9. The maximum Gasteiger partial charge on any atom is 0.433 e. The van der Waals surface area contributed by atoms with Crippen molar-refractivity contribution in [1.29, 1.82) is 0 Å². The summed E-state index contributed by atoms with van der Waals surface area (Å²) in [6.07, 6.45) is -3.41. The summed E-state index contributed by atoms with van der Waals surface area (Å²) < 4.78 is 38.6. The predicted molar refractivity (Wildman–Crippen MR) is 87.0 cm³/mol. The van der Waals surface area contributed by atoms with Gasteiger partial charge in [0.2, 0.25) is 5.91 Å². The molecule has 1 aromatic carbocycles. The molecule has 0 spiro atoms. The van der Waals surface area contributed by atoms with Crippen LogP contribution in [-0.2, 0) is 6.18 Å². The van der Waals surface area contributed by atoms with Crippen molar-refractivity contribution < 1.29 is 18.0 Å². The minimum Gasteiger partial charge on any atom is -0.366 e. The summed E-state index contributed by atoms with van der Waals surface area (Å²) in [5, 5.41) is 0.608. The third-order valence-electron chi connectivity index (χ3n) is 4.02. The van der Waals surface area contributed by atoms with Gasteiger partial charge >= 0.3 is 6.18 Å². The Labute approximate surface area is 141 Å². The zero-order valence-corrected chi connectivity index (χ0v) is 13.2. The number of pyridine rings is 2. The Morgan fingerprint density at radius 3 is 2.56 bits per heavy atom. The fourth-order valence-electron chi connectivity index (χ4n) is 2.66. The molecule has 0 bridgehead atoms. The average molecular weight is 345 g/mol. The van der Waals surface area contributed by atoms with Gasteiger partial charge in [-0.2, -0.15) is 13.2 Å². The number of benzene rings is 1. The summed E-state index contributed by atoms with van der Waals surface area (Å²) in [5.74, 6) is -1.08. The molecule has 7 heteroatoms. The number of halogens is 3. The Morgan fingerprint density at radius 1 is 1.16 bits per heavy atom. The highest BCUT2D eigenvalue weighted by Gasteiger charge is 2.33. The molecule has 3 rings (SSSR count). The van der Waals surface area contributed by atoms with Crippen LogP contribution in [0.4, 0.5) is 13.2 Å². The van der Waals surface area contributed by atoms with Crippen LogP contribution in [0.5, 0.6) is 0 Å². The molecular formula is C18H14F3N3O. The normalized spacial score (nSPS) is 13.0. The van der Waals surface area contributed by atoms with Crippen molar-refractivity contribution in [2.24, 2.45) is 5.73 Å². The van der Waals surface area contributed by atoms with Gasteiger partial charge < -0.3 is 5.73 Å². The number of carbonyl (C=O) groups excluding carboxylic acids is 1. The van der Waals surface area contributed by atoms with Gasteiger partial charge in [0.05, 0.1) is 11.1 Å². The minimum absolute atomic E-state index is 0.289. The molecule has 25 heavy (non-hydrogen) atoms. The van der Waals surface area contributed by atoms with E-state index in [9.17, 15) is 18.0 Å². The van der Waals surface area contributed by atoms with Gasteiger partial charge in [-0.1, -0.05) is 25.1 Å². The summed E-state index contributed by atoms with van der Waals surface area (Å²) >= 11 is 0. The van der Waals surface area contributed by atoms with E-state index >= 15 is 0 Å².